The number of hydrogen-bond donors (Lipinski definition) is 2. The zero-order valence-corrected chi connectivity index (χ0v) is 18.9. The Hall–Kier alpha value is -3.78. The van der Waals surface area contributed by atoms with Gasteiger partial charge in [0.15, 0.2) is 12.4 Å². The molecule has 8 nitrogen and oxygen atoms in total. The first-order chi connectivity index (χ1) is 16.1. The monoisotopic (exact) mass is 451 g/mol. The Kier molecular flexibility index (Phi) is 8.90. The fourth-order valence-electron chi connectivity index (χ4n) is 3.00. The van der Waals surface area contributed by atoms with E-state index in [9.17, 15) is 9.59 Å². The minimum absolute atomic E-state index is 0.129. The number of hydrazine groups is 1. The van der Waals surface area contributed by atoms with Gasteiger partial charge in [0.05, 0.1) is 6.54 Å². The van der Waals surface area contributed by atoms with Crippen molar-refractivity contribution in [2.75, 3.05) is 19.7 Å². The molecule has 8 heteroatoms. The average Bonchev–Trinajstić information content (AvgIpc) is 3.33. The third kappa shape index (κ3) is 7.69. The summed E-state index contributed by atoms with van der Waals surface area (Å²) in [5.74, 6) is 0.994. The maximum Gasteiger partial charge on any atom is 0.305 e. The Bertz CT molecular complexity index is 1010. The van der Waals surface area contributed by atoms with Crippen LogP contribution in [0.3, 0.4) is 0 Å². The lowest BCUT2D eigenvalue weighted by molar-refractivity contribution is -0.123. The van der Waals surface area contributed by atoms with Crippen molar-refractivity contribution in [1.82, 2.24) is 15.8 Å². The SMILES string of the molecule is CCN(CC)Cc1ccc(C(=O)NNC(=O)COc2ccc(OCc3ccccc3)cc2)o1. The normalized spacial score (nSPS) is 10.6. The molecule has 0 spiro atoms. The van der Waals surface area contributed by atoms with Gasteiger partial charge in [0.1, 0.15) is 23.9 Å². The smallest absolute Gasteiger partial charge is 0.305 e. The molecule has 0 bridgehead atoms. The molecule has 2 N–H and O–H groups in total. The number of ether oxygens (including phenoxy) is 2. The molecule has 2 amide bonds. The van der Waals surface area contributed by atoms with Crippen molar-refractivity contribution in [2.45, 2.75) is 27.0 Å². The maximum atomic E-state index is 12.2. The summed E-state index contributed by atoms with van der Waals surface area (Å²) in [6, 6.07) is 20.2. The van der Waals surface area contributed by atoms with Crippen LogP contribution < -0.4 is 20.3 Å². The summed E-state index contributed by atoms with van der Waals surface area (Å²) in [5, 5.41) is 0. The number of amides is 2. The first-order valence-corrected chi connectivity index (χ1v) is 10.9. The number of nitrogens with zero attached hydrogens (tertiary/aromatic N) is 1. The minimum Gasteiger partial charge on any atom is -0.489 e. The maximum absolute atomic E-state index is 12.2. The number of benzene rings is 2. The topological polar surface area (TPSA) is 93.0 Å². The van der Waals surface area contributed by atoms with Crippen LogP contribution in [0.15, 0.2) is 71.1 Å². The van der Waals surface area contributed by atoms with E-state index in [1.54, 1.807) is 36.4 Å². The van der Waals surface area contributed by atoms with E-state index in [2.05, 4.69) is 29.6 Å². The number of hydrogen-bond acceptors (Lipinski definition) is 6. The molecule has 0 aliphatic carbocycles. The van der Waals surface area contributed by atoms with Crippen molar-refractivity contribution >= 4 is 11.8 Å². The van der Waals surface area contributed by atoms with Crippen molar-refractivity contribution in [3.05, 3.63) is 83.8 Å². The number of carbonyl (C=O) groups excluding carboxylic acids is 2. The summed E-state index contributed by atoms with van der Waals surface area (Å²) in [6.07, 6.45) is 0. The van der Waals surface area contributed by atoms with Gasteiger partial charge in [-0.3, -0.25) is 25.3 Å². The second-order valence-electron chi connectivity index (χ2n) is 7.26. The molecule has 0 saturated carbocycles. The highest BCUT2D eigenvalue weighted by atomic mass is 16.5. The third-order valence-electron chi connectivity index (χ3n) is 4.92. The van der Waals surface area contributed by atoms with Crippen molar-refractivity contribution < 1.29 is 23.5 Å². The Morgan fingerprint density at radius 1 is 0.848 bits per heavy atom. The molecule has 174 valence electrons. The lowest BCUT2D eigenvalue weighted by Gasteiger charge is -2.15. The Balaban J connectivity index is 1.37. The average molecular weight is 452 g/mol. The van der Waals surface area contributed by atoms with Gasteiger partial charge in [0.2, 0.25) is 0 Å². The summed E-state index contributed by atoms with van der Waals surface area (Å²) in [4.78, 5) is 26.3. The van der Waals surface area contributed by atoms with Crippen LogP contribution in [0.4, 0.5) is 0 Å². The van der Waals surface area contributed by atoms with Gasteiger partial charge >= 0.3 is 5.91 Å². The molecule has 0 aliphatic heterocycles. The summed E-state index contributed by atoms with van der Waals surface area (Å²) in [5.41, 5.74) is 5.72. The van der Waals surface area contributed by atoms with Crippen LogP contribution in [-0.4, -0.2) is 36.4 Å². The van der Waals surface area contributed by atoms with Gasteiger partial charge in [-0.1, -0.05) is 44.2 Å². The molecule has 0 radical (unpaired) electrons. The van der Waals surface area contributed by atoms with Gasteiger partial charge in [0, 0.05) is 0 Å². The Labute approximate surface area is 193 Å². The Morgan fingerprint density at radius 2 is 1.52 bits per heavy atom. The summed E-state index contributed by atoms with van der Waals surface area (Å²) in [7, 11) is 0. The van der Waals surface area contributed by atoms with Gasteiger partial charge in [0.25, 0.3) is 5.91 Å². The second-order valence-corrected chi connectivity index (χ2v) is 7.26. The largest absolute Gasteiger partial charge is 0.489 e. The minimum atomic E-state index is -0.533. The molecule has 0 aliphatic rings. The highest BCUT2D eigenvalue weighted by Crippen LogP contribution is 2.18. The van der Waals surface area contributed by atoms with E-state index < -0.39 is 11.8 Å². The fraction of sp³-hybridized carbons (Fsp3) is 0.280. The van der Waals surface area contributed by atoms with E-state index in [0.717, 1.165) is 18.7 Å². The number of rotatable bonds is 11. The second kappa shape index (κ2) is 12.3. The van der Waals surface area contributed by atoms with Crippen molar-refractivity contribution in [1.29, 1.82) is 0 Å². The summed E-state index contributed by atoms with van der Waals surface area (Å²) >= 11 is 0. The van der Waals surface area contributed by atoms with Crippen LogP contribution in [0.1, 0.15) is 35.7 Å². The van der Waals surface area contributed by atoms with Gasteiger partial charge < -0.3 is 13.9 Å². The highest BCUT2D eigenvalue weighted by Gasteiger charge is 2.13. The molecule has 2 aromatic carbocycles. The Morgan fingerprint density at radius 3 is 2.18 bits per heavy atom. The number of nitrogens with one attached hydrogen (secondary N) is 2. The standard InChI is InChI=1S/C25H29N3O5/c1-3-28(4-2)16-22-14-15-23(33-22)25(30)27-26-24(29)18-32-21-12-10-20(11-13-21)31-17-19-8-6-5-7-9-19/h5-15H,3-4,16-18H2,1-2H3,(H,26,29)(H,27,30). The van der Waals surface area contributed by atoms with Crippen LogP contribution in [0.5, 0.6) is 11.5 Å². The fourth-order valence-corrected chi connectivity index (χ4v) is 3.00. The van der Waals surface area contributed by atoms with Gasteiger partial charge in [-0.15, -0.1) is 0 Å². The molecular weight excluding hydrogens is 422 g/mol. The molecule has 1 aromatic heterocycles. The van der Waals surface area contributed by atoms with Gasteiger partial charge in [-0.25, -0.2) is 0 Å². The van der Waals surface area contributed by atoms with Crippen LogP contribution >= 0.6 is 0 Å². The molecule has 33 heavy (non-hydrogen) atoms. The molecule has 3 aromatic rings. The highest BCUT2D eigenvalue weighted by molar-refractivity contribution is 5.93. The quantitative estimate of drug-likeness (QED) is 0.433. The molecule has 3 rings (SSSR count). The van der Waals surface area contributed by atoms with E-state index in [1.807, 2.05) is 30.3 Å². The molecule has 0 fully saturated rings. The lowest BCUT2D eigenvalue weighted by atomic mass is 10.2. The predicted molar refractivity (Wildman–Crippen MR) is 124 cm³/mol. The lowest BCUT2D eigenvalue weighted by Crippen LogP contribution is -2.43. The molecular formula is C25H29N3O5. The number of carbonyl (C=O) groups is 2. The van der Waals surface area contributed by atoms with Crippen LogP contribution in [0, 0.1) is 0 Å². The molecule has 0 saturated heterocycles. The molecule has 0 unspecified atom stereocenters. The predicted octanol–water partition coefficient (Wildman–Crippen LogP) is 3.54. The zero-order chi connectivity index (χ0) is 23.5. The van der Waals surface area contributed by atoms with E-state index >= 15 is 0 Å². The molecule has 1 heterocycles. The first kappa shape index (κ1) is 23.9. The van der Waals surface area contributed by atoms with Gasteiger partial charge in [-0.2, -0.15) is 0 Å². The van der Waals surface area contributed by atoms with Crippen LogP contribution in [-0.2, 0) is 17.9 Å². The van der Waals surface area contributed by atoms with E-state index in [0.29, 0.717) is 30.4 Å². The van der Waals surface area contributed by atoms with Gasteiger partial charge in [-0.05, 0) is 55.1 Å². The van der Waals surface area contributed by atoms with E-state index in [1.165, 1.54) is 0 Å². The van der Waals surface area contributed by atoms with E-state index in [-0.39, 0.29) is 12.4 Å². The van der Waals surface area contributed by atoms with Crippen LogP contribution in [0.2, 0.25) is 0 Å². The third-order valence-corrected chi connectivity index (χ3v) is 4.92. The molecule has 0 atom stereocenters. The number of furan rings is 1. The van der Waals surface area contributed by atoms with Crippen molar-refractivity contribution in [2.24, 2.45) is 0 Å². The zero-order valence-electron chi connectivity index (χ0n) is 18.9. The van der Waals surface area contributed by atoms with Crippen molar-refractivity contribution in [3.63, 3.8) is 0 Å². The van der Waals surface area contributed by atoms with E-state index in [4.69, 9.17) is 13.9 Å². The summed E-state index contributed by atoms with van der Waals surface area (Å²) < 4.78 is 16.7. The van der Waals surface area contributed by atoms with Crippen molar-refractivity contribution in [3.8, 4) is 11.5 Å². The van der Waals surface area contributed by atoms with Crippen LogP contribution in [0.25, 0.3) is 0 Å². The first-order valence-electron chi connectivity index (χ1n) is 10.9. The summed E-state index contributed by atoms with van der Waals surface area (Å²) in [6.45, 7) is 6.73.